The Labute approximate surface area is 231 Å². The van der Waals surface area contributed by atoms with Gasteiger partial charge < -0.3 is 31.9 Å². The molecule has 0 unspecified atom stereocenters. The molecule has 0 saturated heterocycles. The molecule has 0 aliphatic heterocycles. The Bertz CT molecular complexity index is 1080. The minimum absolute atomic E-state index is 0.0192. The van der Waals surface area contributed by atoms with E-state index in [0.29, 0.717) is 30.7 Å². The normalized spacial score (nSPS) is 19.3. The zero-order valence-corrected chi connectivity index (χ0v) is 22.6. The summed E-state index contributed by atoms with van der Waals surface area (Å²) in [7, 11) is 0. The third kappa shape index (κ3) is 9.54. The van der Waals surface area contributed by atoms with Gasteiger partial charge in [0.15, 0.2) is 0 Å². The highest BCUT2D eigenvalue weighted by molar-refractivity contribution is 6.30. The molecular formula is C26H35ClN4O8. The van der Waals surface area contributed by atoms with Gasteiger partial charge in [-0.15, -0.1) is 0 Å². The number of benzene rings is 1. The van der Waals surface area contributed by atoms with Crippen LogP contribution in [0.4, 0.5) is 0 Å². The third-order valence-corrected chi connectivity index (χ3v) is 6.80. The van der Waals surface area contributed by atoms with Crippen LogP contribution >= 0.6 is 11.6 Å². The number of carboxylic acids is 2. The summed E-state index contributed by atoms with van der Waals surface area (Å²) in [5.74, 6) is -7.61. The first-order valence-electron chi connectivity index (χ1n) is 12.7. The average molecular weight is 567 g/mol. The van der Waals surface area contributed by atoms with Crippen molar-refractivity contribution in [3.8, 4) is 0 Å². The highest BCUT2D eigenvalue weighted by Gasteiger charge is 2.38. The molecule has 39 heavy (non-hydrogen) atoms. The van der Waals surface area contributed by atoms with Gasteiger partial charge in [0.25, 0.3) is 0 Å². The van der Waals surface area contributed by atoms with Gasteiger partial charge in [0.05, 0.1) is 18.3 Å². The zero-order chi connectivity index (χ0) is 29.3. The number of hydrogen-bond acceptors (Lipinski definition) is 6. The van der Waals surface area contributed by atoms with Gasteiger partial charge in [-0.05, 0) is 42.9 Å². The maximum atomic E-state index is 13.4. The molecule has 4 amide bonds. The van der Waals surface area contributed by atoms with Gasteiger partial charge in [-0.1, -0.05) is 50.4 Å². The van der Waals surface area contributed by atoms with Crippen molar-refractivity contribution in [2.75, 3.05) is 0 Å². The lowest BCUT2D eigenvalue weighted by atomic mass is 9.78. The Balaban J connectivity index is 2.32. The number of rotatable bonds is 13. The highest BCUT2D eigenvalue weighted by Crippen LogP contribution is 2.31. The lowest BCUT2D eigenvalue weighted by Crippen LogP contribution is -2.55. The quantitative estimate of drug-likeness (QED) is 0.205. The van der Waals surface area contributed by atoms with E-state index in [4.69, 9.17) is 17.3 Å². The van der Waals surface area contributed by atoms with Gasteiger partial charge in [0.2, 0.25) is 23.6 Å². The van der Waals surface area contributed by atoms with Crippen LogP contribution in [0.15, 0.2) is 24.3 Å². The van der Waals surface area contributed by atoms with Crippen molar-refractivity contribution in [2.24, 2.45) is 23.5 Å². The fourth-order valence-electron chi connectivity index (χ4n) is 4.57. The number of amides is 4. The first-order chi connectivity index (χ1) is 18.3. The molecule has 1 fully saturated rings. The van der Waals surface area contributed by atoms with Gasteiger partial charge in [0, 0.05) is 5.02 Å². The number of halogens is 1. The van der Waals surface area contributed by atoms with E-state index in [9.17, 15) is 39.0 Å². The second-order valence-corrected chi connectivity index (χ2v) is 10.5. The Hall–Kier alpha value is -3.67. The van der Waals surface area contributed by atoms with Crippen molar-refractivity contribution < 1.29 is 39.0 Å². The Kier molecular flexibility index (Phi) is 11.7. The Morgan fingerprint density at radius 1 is 0.897 bits per heavy atom. The minimum Gasteiger partial charge on any atom is -0.481 e. The second-order valence-electron chi connectivity index (χ2n) is 10.1. The Morgan fingerprint density at radius 2 is 1.46 bits per heavy atom. The monoisotopic (exact) mass is 566 g/mol. The summed E-state index contributed by atoms with van der Waals surface area (Å²) < 4.78 is 0. The van der Waals surface area contributed by atoms with Gasteiger partial charge in [-0.3, -0.25) is 28.8 Å². The highest BCUT2D eigenvalue weighted by atomic mass is 35.5. The first-order valence-corrected chi connectivity index (χ1v) is 13.1. The number of nitrogens with one attached hydrogen (secondary N) is 3. The third-order valence-electron chi connectivity index (χ3n) is 6.55. The van der Waals surface area contributed by atoms with E-state index in [1.165, 1.54) is 24.3 Å². The topological polar surface area (TPSA) is 205 Å². The summed E-state index contributed by atoms with van der Waals surface area (Å²) in [6.07, 6.45) is 1.35. The van der Waals surface area contributed by atoms with E-state index in [1.807, 2.05) is 0 Å². The van der Waals surface area contributed by atoms with Gasteiger partial charge in [-0.2, -0.15) is 0 Å². The molecule has 7 N–H and O–H groups in total. The van der Waals surface area contributed by atoms with E-state index in [2.05, 4.69) is 16.0 Å². The fraction of sp³-hybridized carbons (Fsp3) is 0.538. The van der Waals surface area contributed by atoms with E-state index in [0.717, 1.165) is 0 Å². The van der Waals surface area contributed by atoms with Gasteiger partial charge >= 0.3 is 11.9 Å². The van der Waals surface area contributed by atoms with Crippen LogP contribution in [0.1, 0.15) is 64.0 Å². The summed E-state index contributed by atoms with van der Waals surface area (Å²) in [6.45, 7) is 3.61. The number of aliphatic carboxylic acids is 2. The molecule has 0 heterocycles. The molecule has 1 aromatic carbocycles. The molecule has 1 aliphatic rings. The average Bonchev–Trinajstić information content (AvgIpc) is 2.86. The van der Waals surface area contributed by atoms with Crippen molar-refractivity contribution in [3.05, 3.63) is 34.9 Å². The van der Waals surface area contributed by atoms with E-state index in [-0.39, 0.29) is 17.9 Å². The van der Waals surface area contributed by atoms with Crippen LogP contribution in [-0.4, -0.2) is 57.9 Å². The summed E-state index contributed by atoms with van der Waals surface area (Å²) >= 11 is 5.96. The van der Waals surface area contributed by atoms with Crippen molar-refractivity contribution in [2.45, 2.75) is 70.5 Å². The molecule has 0 spiro atoms. The molecule has 0 aromatic heterocycles. The number of hydrogen-bond donors (Lipinski definition) is 6. The molecule has 0 radical (unpaired) electrons. The van der Waals surface area contributed by atoms with Crippen LogP contribution < -0.4 is 21.7 Å². The van der Waals surface area contributed by atoms with E-state index < -0.39 is 71.9 Å². The molecule has 5 atom stereocenters. The molecule has 214 valence electrons. The fourth-order valence-corrected chi connectivity index (χ4v) is 4.70. The Morgan fingerprint density at radius 3 is 1.97 bits per heavy atom. The maximum Gasteiger partial charge on any atom is 0.307 e. The molecule has 13 heteroatoms. The van der Waals surface area contributed by atoms with Crippen LogP contribution in [-0.2, 0) is 28.8 Å². The predicted molar refractivity (Wildman–Crippen MR) is 140 cm³/mol. The predicted octanol–water partition coefficient (Wildman–Crippen LogP) is 1.36. The van der Waals surface area contributed by atoms with Crippen molar-refractivity contribution in [3.63, 3.8) is 0 Å². The molecule has 1 aliphatic carbocycles. The van der Waals surface area contributed by atoms with Crippen LogP contribution in [0.5, 0.6) is 0 Å². The largest absolute Gasteiger partial charge is 0.481 e. The second kappa shape index (κ2) is 14.5. The van der Waals surface area contributed by atoms with E-state index in [1.54, 1.807) is 13.8 Å². The van der Waals surface area contributed by atoms with Crippen molar-refractivity contribution in [1.29, 1.82) is 0 Å². The lowest BCUT2D eigenvalue weighted by Gasteiger charge is -2.30. The van der Waals surface area contributed by atoms with Crippen LogP contribution in [0.2, 0.25) is 5.02 Å². The molecule has 1 saturated carbocycles. The lowest BCUT2D eigenvalue weighted by molar-refractivity contribution is -0.149. The standard InChI is InChI=1S/C26H35ClN4O8/c1-13(2)11-18(22(28)34)29-24(36)19(12-20(32)33)30-25(37)21(14-7-9-15(27)10-8-14)31-23(35)16-5-3-4-6-17(16)26(38)39/h7-10,13,16-19,21H,3-6,11-12H2,1-2H3,(H2,28,34)(H,29,36)(H,30,37)(H,31,35)(H,32,33)(H,38,39)/t16-,17-,18+,19+,21+/m1/s1. The number of carboxylic acid groups (broad SMARTS) is 2. The van der Waals surface area contributed by atoms with Crippen LogP contribution in [0.25, 0.3) is 0 Å². The van der Waals surface area contributed by atoms with Crippen LogP contribution in [0.3, 0.4) is 0 Å². The maximum absolute atomic E-state index is 13.4. The molecule has 2 rings (SSSR count). The summed E-state index contributed by atoms with van der Waals surface area (Å²) in [6, 6.07) is 1.83. The van der Waals surface area contributed by atoms with Gasteiger partial charge in [0.1, 0.15) is 18.1 Å². The van der Waals surface area contributed by atoms with Crippen molar-refractivity contribution >= 4 is 47.2 Å². The molecule has 1 aromatic rings. The summed E-state index contributed by atoms with van der Waals surface area (Å²) in [5.41, 5.74) is 5.65. The SMILES string of the molecule is CC(C)C[C@H](NC(=O)[C@H](CC(=O)O)NC(=O)[C@@H](NC(=O)[C@@H]1CCCC[C@H]1C(=O)O)c1ccc(Cl)cc1)C(N)=O. The minimum atomic E-state index is -1.60. The number of carbonyl (C=O) groups is 6. The first kappa shape index (κ1) is 31.5. The summed E-state index contributed by atoms with van der Waals surface area (Å²) in [4.78, 5) is 74.5. The molecule has 12 nitrogen and oxygen atoms in total. The molecule has 0 bridgehead atoms. The smallest absolute Gasteiger partial charge is 0.307 e. The summed E-state index contributed by atoms with van der Waals surface area (Å²) in [5, 5.41) is 26.6. The number of carbonyl (C=O) groups excluding carboxylic acids is 4. The molecular weight excluding hydrogens is 532 g/mol. The number of primary amides is 1. The van der Waals surface area contributed by atoms with E-state index >= 15 is 0 Å². The van der Waals surface area contributed by atoms with Gasteiger partial charge in [-0.25, -0.2) is 0 Å². The van der Waals surface area contributed by atoms with Crippen molar-refractivity contribution in [1.82, 2.24) is 16.0 Å². The van der Waals surface area contributed by atoms with Crippen LogP contribution in [0, 0.1) is 17.8 Å². The number of nitrogens with two attached hydrogens (primary N) is 1. The zero-order valence-electron chi connectivity index (χ0n) is 21.8.